The minimum atomic E-state index is 0. The molecule has 1 nitrogen and oxygen atoms in total. The average Bonchev–Trinajstić information content (AvgIpc) is 2.42. The zero-order chi connectivity index (χ0) is 15.8. The van der Waals surface area contributed by atoms with E-state index in [4.69, 9.17) is 5.73 Å². The molecule has 0 spiro atoms. The molecule has 2 N–H and O–H groups in total. The normalized spacial score (nSPS) is 11.5. The average molecular weight is 378 g/mol. The Balaban J connectivity index is 0. The Morgan fingerprint density at radius 2 is 0.818 bits per heavy atom. The van der Waals surface area contributed by atoms with Gasteiger partial charge in [0.25, 0.3) is 0 Å². The molecule has 0 aliphatic carbocycles. The lowest BCUT2D eigenvalue weighted by atomic mass is 9.97. The van der Waals surface area contributed by atoms with Crippen molar-refractivity contribution in [2.75, 3.05) is 0 Å². The highest BCUT2D eigenvalue weighted by molar-refractivity contribution is 8.93. The van der Waals surface area contributed by atoms with Gasteiger partial charge in [-0.1, -0.05) is 103 Å². The van der Waals surface area contributed by atoms with Crippen molar-refractivity contribution in [3.05, 3.63) is 0 Å². The summed E-state index contributed by atoms with van der Waals surface area (Å²) in [5.41, 5.74) is 6.03. The van der Waals surface area contributed by atoms with Crippen LogP contribution in [0, 0.1) is 0 Å². The number of rotatable bonds is 16. The van der Waals surface area contributed by atoms with Crippen molar-refractivity contribution in [2.24, 2.45) is 5.73 Å². The smallest absolute Gasteiger partial charge is 0.00970 e. The van der Waals surface area contributed by atoms with Gasteiger partial charge in [0.2, 0.25) is 0 Å². The third kappa shape index (κ3) is 22.7. The molecule has 0 heterocycles. The van der Waals surface area contributed by atoms with Crippen molar-refractivity contribution in [1.29, 1.82) is 0 Å². The van der Waals surface area contributed by atoms with Crippen molar-refractivity contribution in [2.45, 2.75) is 129 Å². The van der Waals surface area contributed by atoms with Crippen molar-refractivity contribution in [3.8, 4) is 0 Å². The van der Waals surface area contributed by atoms with E-state index in [0.717, 1.165) is 0 Å². The lowest BCUT2D eigenvalue weighted by Crippen LogP contribution is -2.31. The molecule has 0 radical (unpaired) electrons. The predicted molar refractivity (Wildman–Crippen MR) is 108 cm³/mol. The van der Waals surface area contributed by atoms with Gasteiger partial charge in [0.1, 0.15) is 0 Å². The second-order valence-electron chi connectivity index (χ2n) is 7.69. The Labute approximate surface area is 152 Å². The van der Waals surface area contributed by atoms with Gasteiger partial charge < -0.3 is 5.73 Å². The maximum atomic E-state index is 5.99. The van der Waals surface area contributed by atoms with Crippen LogP contribution in [0.1, 0.15) is 124 Å². The Morgan fingerprint density at radius 1 is 0.545 bits per heavy atom. The molecule has 22 heavy (non-hydrogen) atoms. The monoisotopic (exact) mass is 377 g/mol. The van der Waals surface area contributed by atoms with Crippen LogP contribution in [0.4, 0.5) is 0 Å². The second-order valence-corrected chi connectivity index (χ2v) is 7.69. The summed E-state index contributed by atoms with van der Waals surface area (Å²) in [6.45, 7) is 6.56. The number of hydrogen-bond donors (Lipinski definition) is 1. The van der Waals surface area contributed by atoms with E-state index in [1.807, 2.05) is 0 Å². The number of hydrogen-bond acceptors (Lipinski definition) is 1. The Morgan fingerprint density at radius 3 is 1.09 bits per heavy atom. The van der Waals surface area contributed by atoms with Crippen molar-refractivity contribution in [3.63, 3.8) is 0 Å². The van der Waals surface area contributed by atoms with Gasteiger partial charge in [-0.2, -0.15) is 0 Å². The first kappa shape index (κ1) is 24.7. The van der Waals surface area contributed by atoms with Gasteiger partial charge in [-0.3, -0.25) is 0 Å². The standard InChI is InChI=1S/C20H43N.BrH/c1-4-5-6-7-8-9-10-11-12-13-14-15-16-17-18-19-20(2,3)21;/h4-19,21H2,1-3H3;1H. The Kier molecular flexibility index (Phi) is 20.0. The fourth-order valence-corrected chi connectivity index (χ4v) is 2.95. The van der Waals surface area contributed by atoms with Crippen LogP contribution in [0.2, 0.25) is 0 Å². The van der Waals surface area contributed by atoms with E-state index in [-0.39, 0.29) is 22.5 Å². The molecule has 0 fully saturated rings. The fourth-order valence-electron chi connectivity index (χ4n) is 2.95. The van der Waals surface area contributed by atoms with Crippen molar-refractivity contribution >= 4 is 17.0 Å². The third-order valence-corrected chi connectivity index (χ3v) is 4.42. The number of halogens is 1. The van der Waals surface area contributed by atoms with Gasteiger partial charge in [-0.15, -0.1) is 17.0 Å². The van der Waals surface area contributed by atoms with Crippen molar-refractivity contribution in [1.82, 2.24) is 0 Å². The maximum absolute atomic E-state index is 5.99. The summed E-state index contributed by atoms with van der Waals surface area (Å²) in [4.78, 5) is 0. The van der Waals surface area contributed by atoms with E-state index >= 15 is 0 Å². The fraction of sp³-hybridized carbons (Fsp3) is 1.00. The molecule has 0 aliphatic rings. The van der Waals surface area contributed by atoms with Gasteiger partial charge in [-0.25, -0.2) is 0 Å². The molecule has 0 aliphatic heterocycles. The van der Waals surface area contributed by atoms with E-state index in [9.17, 15) is 0 Å². The number of unbranched alkanes of at least 4 members (excludes halogenated alkanes) is 14. The summed E-state index contributed by atoms with van der Waals surface area (Å²) < 4.78 is 0. The molecule has 136 valence electrons. The largest absolute Gasteiger partial charge is 0.326 e. The van der Waals surface area contributed by atoms with Gasteiger partial charge in [0.15, 0.2) is 0 Å². The van der Waals surface area contributed by atoms with E-state index < -0.39 is 0 Å². The molecular formula is C20H44BrN. The molecule has 0 rings (SSSR count). The summed E-state index contributed by atoms with van der Waals surface area (Å²) in [5.74, 6) is 0. The molecule has 0 aromatic rings. The van der Waals surface area contributed by atoms with Crippen LogP contribution in [0.3, 0.4) is 0 Å². The number of nitrogens with two attached hydrogens (primary N) is 1. The second kappa shape index (κ2) is 17.8. The molecule has 2 heteroatoms. The first-order valence-electron chi connectivity index (χ1n) is 9.85. The molecular weight excluding hydrogens is 334 g/mol. The molecule has 0 saturated carbocycles. The minimum absolute atomic E-state index is 0. The summed E-state index contributed by atoms with van der Waals surface area (Å²) in [6.07, 6.45) is 22.7. The first-order chi connectivity index (χ1) is 10.1. The summed E-state index contributed by atoms with van der Waals surface area (Å²) in [6, 6.07) is 0. The van der Waals surface area contributed by atoms with Gasteiger partial charge in [-0.05, 0) is 20.3 Å². The first-order valence-corrected chi connectivity index (χ1v) is 9.85. The maximum Gasteiger partial charge on any atom is 0.00970 e. The zero-order valence-electron chi connectivity index (χ0n) is 15.8. The van der Waals surface area contributed by atoms with Gasteiger partial charge in [0.05, 0.1) is 0 Å². The zero-order valence-corrected chi connectivity index (χ0v) is 17.5. The van der Waals surface area contributed by atoms with Crippen molar-refractivity contribution < 1.29 is 0 Å². The SMILES string of the molecule is Br.CCCCCCCCCCCCCCCCCC(C)(C)N. The Bertz CT molecular complexity index is 198. The third-order valence-electron chi connectivity index (χ3n) is 4.42. The quantitative estimate of drug-likeness (QED) is 0.275. The van der Waals surface area contributed by atoms with E-state index in [0.29, 0.717) is 0 Å². The van der Waals surface area contributed by atoms with Crippen LogP contribution in [-0.2, 0) is 0 Å². The molecule has 0 amide bonds. The van der Waals surface area contributed by atoms with Crippen LogP contribution in [-0.4, -0.2) is 5.54 Å². The van der Waals surface area contributed by atoms with E-state index in [2.05, 4.69) is 20.8 Å². The molecule has 0 saturated heterocycles. The molecule has 0 aromatic heterocycles. The van der Waals surface area contributed by atoms with Crippen LogP contribution < -0.4 is 5.73 Å². The van der Waals surface area contributed by atoms with E-state index in [1.165, 1.54) is 103 Å². The molecule has 0 atom stereocenters. The highest BCUT2D eigenvalue weighted by atomic mass is 79.9. The van der Waals surface area contributed by atoms with Gasteiger partial charge >= 0.3 is 0 Å². The molecule has 0 bridgehead atoms. The van der Waals surface area contributed by atoms with Crippen LogP contribution in [0.5, 0.6) is 0 Å². The molecule has 0 unspecified atom stereocenters. The Hall–Kier alpha value is 0.440. The summed E-state index contributed by atoms with van der Waals surface area (Å²) in [7, 11) is 0. The highest BCUT2D eigenvalue weighted by Gasteiger charge is 2.08. The molecule has 0 aromatic carbocycles. The van der Waals surface area contributed by atoms with Crippen LogP contribution in [0.25, 0.3) is 0 Å². The lowest BCUT2D eigenvalue weighted by molar-refractivity contribution is 0.440. The topological polar surface area (TPSA) is 26.0 Å². The summed E-state index contributed by atoms with van der Waals surface area (Å²) in [5, 5.41) is 0. The van der Waals surface area contributed by atoms with Crippen LogP contribution in [0.15, 0.2) is 0 Å². The lowest BCUT2D eigenvalue weighted by Gasteiger charge is -2.17. The highest BCUT2D eigenvalue weighted by Crippen LogP contribution is 2.15. The van der Waals surface area contributed by atoms with E-state index in [1.54, 1.807) is 0 Å². The minimum Gasteiger partial charge on any atom is -0.326 e. The predicted octanol–water partition coefficient (Wildman–Crippen LogP) is 7.56. The van der Waals surface area contributed by atoms with Crippen LogP contribution >= 0.6 is 17.0 Å². The van der Waals surface area contributed by atoms with Gasteiger partial charge in [0, 0.05) is 5.54 Å². The summed E-state index contributed by atoms with van der Waals surface area (Å²) >= 11 is 0.